The first-order chi connectivity index (χ1) is 11.0. The number of amides is 1. The van der Waals surface area contributed by atoms with Crippen LogP contribution in [0.1, 0.15) is 36.7 Å². The van der Waals surface area contributed by atoms with Crippen LogP contribution in [0.25, 0.3) is 0 Å². The summed E-state index contributed by atoms with van der Waals surface area (Å²) in [5.41, 5.74) is -0.246. The Morgan fingerprint density at radius 2 is 2.26 bits per heavy atom. The molecule has 8 heteroatoms. The molecular formula is C15H21N3O5. The van der Waals surface area contributed by atoms with Crippen molar-refractivity contribution in [1.82, 2.24) is 9.88 Å². The average molecular weight is 323 g/mol. The Kier molecular flexibility index (Phi) is 4.14. The standard InChI is InChI=1S/C15H21N3O5/c1-3-21-12(19)11-9-22-13(16-11)18-7-4-5-15(6-8-18)10-17(2)14(20)23-15/h9H,3-8,10H2,1-2H3/t15-/m1/s1. The lowest BCUT2D eigenvalue weighted by Crippen LogP contribution is -2.35. The van der Waals surface area contributed by atoms with Crippen molar-refractivity contribution < 1.29 is 23.5 Å². The van der Waals surface area contributed by atoms with Crippen molar-refractivity contribution in [2.75, 3.05) is 38.2 Å². The van der Waals surface area contributed by atoms with Crippen LogP contribution in [0.4, 0.5) is 10.8 Å². The van der Waals surface area contributed by atoms with Gasteiger partial charge in [0.25, 0.3) is 6.01 Å². The molecule has 3 heterocycles. The van der Waals surface area contributed by atoms with E-state index in [4.69, 9.17) is 13.9 Å². The van der Waals surface area contributed by atoms with Gasteiger partial charge in [0.2, 0.25) is 0 Å². The minimum atomic E-state index is -0.486. The molecule has 1 amide bonds. The molecule has 0 N–H and O–H groups in total. The predicted molar refractivity (Wildman–Crippen MR) is 80.4 cm³/mol. The van der Waals surface area contributed by atoms with E-state index in [9.17, 15) is 9.59 Å². The molecule has 0 aromatic carbocycles. The van der Waals surface area contributed by atoms with Crippen molar-refractivity contribution in [3.63, 3.8) is 0 Å². The van der Waals surface area contributed by atoms with Crippen molar-refractivity contribution in [1.29, 1.82) is 0 Å². The Bertz CT molecular complexity index is 602. The number of oxazole rings is 1. The Morgan fingerprint density at radius 1 is 1.43 bits per heavy atom. The van der Waals surface area contributed by atoms with Crippen LogP contribution in [0.3, 0.4) is 0 Å². The van der Waals surface area contributed by atoms with Crippen LogP contribution in [0.2, 0.25) is 0 Å². The van der Waals surface area contributed by atoms with Crippen LogP contribution >= 0.6 is 0 Å². The lowest BCUT2D eigenvalue weighted by Gasteiger charge is -2.24. The van der Waals surface area contributed by atoms with Gasteiger partial charge in [-0.15, -0.1) is 0 Å². The van der Waals surface area contributed by atoms with E-state index in [0.717, 1.165) is 19.4 Å². The zero-order chi connectivity index (χ0) is 16.4. The summed E-state index contributed by atoms with van der Waals surface area (Å²) in [6.45, 7) is 4.05. The number of hydrogen-bond acceptors (Lipinski definition) is 7. The zero-order valence-corrected chi connectivity index (χ0v) is 13.4. The molecule has 2 aliphatic rings. The number of nitrogens with zero attached hydrogens (tertiary/aromatic N) is 3. The van der Waals surface area contributed by atoms with Gasteiger partial charge >= 0.3 is 12.1 Å². The number of esters is 1. The second-order valence-corrected chi connectivity index (χ2v) is 5.98. The molecule has 3 rings (SSSR count). The summed E-state index contributed by atoms with van der Waals surface area (Å²) in [4.78, 5) is 31.1. The van der Waals surface area contributed by atoms with Crippen molar-refractivity contribution in [2.24, 2.45) is 0 Å². The zero-order valence-electron chi connectivity index (χ0n) is 13.4. The molecule has 23 heavy (non-hydrogen) atoms. The van der Waals surface area contributed by atoms with Crippen LogP contribution in [-0.4, -0.2) is 60.8 Å². The van der Waals surface area contributed by atoms with E-state index in [-0.39, 0.29) is 11.8 Å². The van der Waals surface area contributed by atoms with Crippen LogP contribution in [0.15, 0.2) is 10.7 Å². The fourth-order valence-electron chi connectivity index (χ4n) is 3.12. The third kappa shape index (κ3) is 3.11. The maximum atomic E-state index is 11.7. The largest absolute Gasteiger partial charge is 0.461 e. The van der Waals surface area contributed by atoms with Gasteiger partial charge in [-0.1, -0.05) is 0 Å². The van der Waals surface area contributed by atoms with Gasteiger partial charge in [0.05, 0.1) is 13.2 Å². The summed E-state index contributed by atoms with van der Waals surface area (Å²) in [5.74, 6) is -0.486. The predicted octanol–water partition coefficient (Wildman–Crippen LogP) is 1.66. The van der Waals surface area contributed by atoms with Crippen LogP contribution in [0, 0.1) is 0 Å². The first-order valence-electron chi connectivity index (χ1n) is 7.85. The summed E-state index contributed by atoms with van der Waals surface area (Å²) < 4.78 is 15.9. The normalized spacial score (nSPS) is 24.7. The molecule has 1 spiro atoms. The number of rotatable bonds is 3. The van der Waals surface area contributed by atoms with Crippen LogP contribution in [-0.2, 0) is 9.47 Å². The summed E-state index contributed by atoms with van der Waals surface area (Å²) in [7, 11) is 1.75. The van der Waals surface area contributed by atoms with Crippen molar-refractivity contribution in [3.05, 3.63) is 12.0 Å². The van der Waals surface area contributed by atoms with Gasteiger partial charge in [-0.2, -0.15) is 4.98 Å². The lowest BCUT2D eigenvalue weighted by molar-refractivity contribution is 0.0471. The smallest absolute Gasteiger partial charge is 0.410 e. The molecule has 2 saturated heterocycles. The van der Waals surface area contributed by atoms with E-state index in [2.05, 4.69) is 4.98 Å². The maximum absolute atomic E-state index is 11.7. The Balaban J connectivity index is 1.67. The number of carbonyl (C=O) groups is 2. The van der Waals surface area contributed by atoms with E-state index in [1.165, 1.54) is 6.26 Å². The number of carbonyl (C=O) groups excluding carboxylic acids is 2. The highest BCUT2D eigenvalue weighted by Crippen LogP contribution is 2.33. The summed E-state index contributed by atoms with van der Waals surface area (Å²) in [6.07, 6.45) is 3.43. The summed E-state index contributed by atoms with van der Waals surface area (Å²) in [6, 6.07) is 0.405. The molecule has 126 valence electrons. The Hall–Kier alpha value is -2.25. The van der Waals surface area contributed by atoms with E-state index < -0.39 is 11.6 Å². The number of likely N-dealkylation sites (N-methyl/N-ethyl adjacent to an activating group) is 1. The molecule has 1 aromatic rings. The van der Waals surface area contributed by atoms with Crippen molar-refractivity contribution in [3.8, 4) is 0 Å². The van der Waals surface area contributed by atoms with Gasteiger partial charge in [0.1, 0.15) is 11.9 Å². The van der Waals surface area contributed by atoms with E-state index in [1.54, 1.807) is 18.9 Å². The fraction of sp³-hybridized carbons (Fsp3) is 0.667. The van der Waals surface area contributed by atoms with Gasteiger partial charge in [0.15, 0.2) is 5.69 Å². The molecule has 0 saturated carbocycles. The fourth-order valence-corrected chi connectivity index (χ4v) is 3.12. The average Bonchev–Trinajstić information content (AvgIpc) is 3.03. The SMILES string of the molecule is CCOC(=O)c1coc(N2CCC[C@@]3(CC2)CN(C)C(=O)O3)n1. The van der Waals surface area contributed by atoms with Crippen LogP contribution in [0.5, 0.6) is 0 Å². The first kappa shape index (κ1) is 15.6. The van der Waals surface area contributed by atoms with Gasteiger partial charge in [-0.25, -0.2) is 9.59 Å². The molecule has 2 fully saturated rings. The molecule has 0 radical (unpaired) electrons. The molecule has 0 unspecified atom stereocenters. The van der Waals surface area contributed by atoms with E-state index in [1.807, 2.05) is 4.90 Å². The highest BCUT2D eigenvalue weighted by Gasteiger charge is 2.44. The Labute approximate surface area is 134 Å². The third-order valence-corrected chi connectivity index (χ3v) is 4.29. The summed E-state index contributed by atoms with van der Waals surface area (Å²) in [5, 5.41) is 0. The minimum Gasteiger partial charge on any atom is -0.461 e. The molecular weight excluding hydrogens is 302 g/mol. The van der Waals surface area contributed by atoms with Gasteiger partial charge in [-0.3, -0.25) is 0 Å². The number of anilines is 1. The monoisotopic (exact) mass is 323 g/mol. The minimum absolute atomic E-state index is 0.174. The molecule has 2 aliphatic heterocycles. The highest BCUT2D eigenvalue weighted by molar-refractivity contribution is 5.87. The lowest BCUT2D eigenvalue weighted by atomic mass is 9.95. The van der Waals surface area contributed by atoms with Gasteiger partial charge in [-0.05, 0) is 19.8 Å². The number of ether oxygens (including phenoxy) is 2. The highest BCUT2D eigenvalue weighted by atomic mass is 16.6. The number of aromatic nitrogens is 1. The molecule has 1 aromatic heterocycles. The van der Waals surface area contributed by atoms with Crippen molar-refractivity contribution in [2.45, 2.75) is 31.8 Å². The molecule has 1 atom stereocenters. The van der Waals surface area contributed by atoms with Gasteiger partial charge in [0, 0.05) is 26.6 Å². The first-order valence-corrected chi connectivity index (χ1v) is 7.85. The third-order valence-electron chi connectivity index (χ3n) is 4.29. The van der Waals surface area contributed by atoms with E-state index >= 15 is 0 Å². The van der Waals surface area contributed by atoms with Gasteiger partial charge < -0.3 is 23.7 Å². The molecule has 0 aliphatic carbocycles. The second-order valence-electron chi connectivity index (χ2n) is 5.98. The molecule has 8 nitrogen and oxygen atoms in total. The molecule has 0 bridgehead atoms. The van der Waals surface area contributed by atoms with Crippen molar-refractivity contribution >= 4 is 18.1 Å². The maximum Gasteiger partial charge on any atom is 0.410 e. The summed E-state index contributed by atoms with van der Waals surface area (Å²) >= 11 is 0. The topological polar surface area (TPSA) is 85.1 Å². The number of hydrogen-bond donors (Lipinski definition) is 0. The van der Waals surface area contributed by atoms with E-state index in [0.29, 0.717) is 32.1 Å². The van der Waals surface area contributed by atoms with Crippen LogP contribution < -0.4 is 4.90 Å². The quantitative estimate of drug-likeness (QED) is 0.782. The Morgan fingerprint density at radius 3 is 2.96 bits per heavy atom. The second kappa shape index (κ2) is 6.10.